The maximum atomic E-state index is 10.5. The summed E-state index contributed by atoms with van der Waals surface area (Å²) in [6, 6.07) is 0. The highest BCUT2D eigenvalue weighted by Gasteiger charge is 2.28. The second kappa shape index (κ2) is 6.46. The van der Waals surface area contributed by atoms with Crippen LogP contribution in [-0.2, 0) is 9.59 Å². The van der Waals surface area contributed by atoms with Crippen LogP contribution in [0.4, 0.5) is 13.2 Å². The van der Waals surface area contributed by atoms with Crippen LogP contribution in [0.1, 0.15) is 32.6 Å². The van der Waals surface area contributed by atoms with E-state index in [1.807, 2.05) is 0 Å². The summed E-state index contributed by atoms with van der Waals surface area (Å²) in [6.07, 6.45) is -1.11. The van der Waals surface area contributed by atoms with Crippen molar-refractivity contribution < 1.29 is 33.0 Å². The van der Waals surface area contributed by atoms with Crippen LogP contribution in [-0.4, -0.2) is 23.2 Å². The lowest BCUT2D eigenvalue weighted by molar-refractivity contribution is -0.344. The van der Waals surface area contributed by atoms with Gasteiger partial charge in [-0.3, -0.25) is 4.79 Å². The smallest absolute Gasteiger partial charge is 0.430 e. The fourth-order valence-corrected chi connectivity index (χ4v) is 1.66. The van der Waals surface area contributed by atoms with E-state index in [-0.39, 0.29) is 5.92 Å². The molecule has 0 saturated heterocycles. The molecule has 0 bridgehead atoms. The van der Waals surface area contributed by atoms with Crippen molar-refractivity contribution in [1.29, 1.82) is 0 Å². The van der Waals surface area contributed by atoms with Crippen LogP contribution in [0.25, 0.3) is 0 Å². The van der Waals surface area contributed by atoms with E-state index < -0.39 is 18.1 Å². The highest BCUT2D eigenvalue weighted by atomic mass is 19.4. The number of carbonyl (C=O) groups is 2. The van der Waals surface area contributed by atoms with Gasteiger partial charge in [-0.2, -0.15) is 13.2 Å². The zero-order valence-corrected chi connectivity index (χ0v) is 9.29. The number of carboxylic acids is 2. The van der Waals surface area contributed by atoms with Crippen LogP contribution >= 0.6 is 0 Å². The van der Waals surface area contributed by atoms with Crippen molar-refractivity contribution in [2.45, 2.75) is 38.8 Å². The number of carbonyl (C=O) groups excluding carboxylic acids is 1. The molecule has 100 valence electrons. The molecule has 1 N–H and O–H groups in total. The molecule has 0 spiro atoms. The molecule has 1 rings (SSSR count). The van der Waals surface area contributed by atoms with Crippen molar-refractivity contribution in [2.75, 3.05) is 0 Å². The van der Waals surface area contributed by atoms with E-state index in [9.17, 15) is 18.0 Å². The average molecular weight is 255 g/mol. The summed E-state index contributed by atoms with van der Waals surface area (Å²) in [6.45, 7) is 2.13. The molecular weight excluding hydrogens is 241 g/mol. The minimum absolute atomic E-state index is 0.0521. The van der Waals surface area contributed by atoms with E-state index in [4.69, 9.17) is 15.0 Å². The fourth-order valence-electron chi connectivity index (χ4n) is 1.66. The Morgan fingerprint density at radius 2 is 1.76 bits per heavy atom. The van der Waals surface area contributed by atoms with Crippen molar-refractivity contribution in [3.8, 4) is 0 Å². The SMILES string of the molecule is C[C@H]1CCC[C@@H](C(=O)O)C1.O=C([O-])C(F)(F)F. The van der Waals surface area contributed by atoms with Crippen LogP contribution in [0.2, 0.25) is 0 Å². The topological polar surface area (TPSA) is 77.4 Å². The molecular formula is C10H14F3O4-. The second-order valence-corrected chi connectivity index (χ2v) is 4.09. The minimum atomic E-state index is -5.19. The van der Waals surface area contributed by atoms with Gasteiger partial charge in [0.05, 0.1) is 5.92 Å². The Bertz CT molecular complexity index is 275. The number of rotatable bonds is 1. The Kier molecular flexibility index (Phi) is 5.98. The molecule has 0 aliphatic heterocycles. The van der Waals surface area contributed by atoms with Gasteiger partial charge >= 0.3 is 12.1 Å². The molecule has 0 amide bonds. The normalized spacial score (nSPS) is 24.5. The predicted molar refractivity (Wildman–Crippen MR) is 49.8 cm³/mol. The van der Waals surface area contributed by atoms with E-state index in [1.54, 1.807) is 0 Å². The van der Waals surface area contributed by atoms with E-state index >= 15 is 0 Å². The lowest BCUT2D eigenvalue weighted by Crippen LogP contribution is -2.37. The molecule has 1 fully saturated rings. The van der Waals surface area contributed by atoms with Gasteiger partial charge in [-0.1, -0.05) is 19.8 Å². The van der Waals surface area contributed by atoms with Gasteiger partial charge < -0.3 is 15.0 Å². The number of hydrogen-bond acceptors (Lipinski definition) is 3. The monoisotopic (exact) mass is 255 g/mol. The number of carboxylic acid groups (broad SMARTS) is 2. The van der Waals surface area contributed by atoms with E-state index in [1.165, 1.54) is 6.42 Å². The number of halogens is 3. The van der Waals surface area contributed by atoms with Gasteiger partial charge in [-0.15, -0.1) is 0 Å². The summed E-state index contributed by atoms with van der Waals surface area (Å²) in [7, 11) is 0. The first-order valence-electron chi connectivity index (χ1n) is 5.15. The van der Waals surface area contributed by atoms with Crippen LogP contribution in [0, 0.1) is 11.8 Å². The molecule has 0 aromatic carbocycles. The van der Waals surface area contributed by atoms with Gasteiger partial charge in [0, 0.05) is 0 Å². The van der Waals surface area contributed by atoms with Crippen molar-refractivity contribution in [1.82, 2.24) is 0 Å². The fraction of sp³-hybridized carbons (Fsp3) is 0.800. The molecule has 7 heteroatoms. The van der Waals surface area contributed by atoms with Crippen LogP contribution in [0.3, 0.4) is 0 Å². The Morgan fingerprint density at radius 3 is 2.00 bits per heavy atom. The average Bonchev–Trinajstić information content (AvgIpc) is 2.17. The molecule has 1 aliphatic rings. The van der Waals surface area contributed by atoms with Crippen LogP contribution in [0.5, 0.6) is 0 Å². The van der Waals surface area contributed by atoms with Crippen LogP contribution in [0.15, 0.2) is 0 Å². The van der Waals surface area contributed by atoms with Gasteiger partial charge in [-0.25, -0.2) is 0 Å². The van der Waals surface area contributed by atoms with Crippen molar-refractivity contribution in [3.63, 3.8) is 0 Å². The van der Waals surface area contributed by atoms with Gasteiger partial charge in [0.25, 0.3) is 0 Å². The number of aliphatic carboxylic acids is 2. The highest BCUT2D eigenvalue weighted by molar-refractivity contribution is 5.70. The van der Waals surface area contributed by atoms with E-state index in [0.29, 0.717) is 5.92 Å². The first-order chi connectivity index (χ1) is 7.64. The lowest BCUT2D eigenvalue weighted by atomic mass is 9.83. The summed E-state index contributed by atoms with van der Waals surface area (Å²) in [5.74, 6) is -3.04. The third kappa shape index (κ3) is 6.80. The molecule has 17 heavy (non-hydrogen) atoms. The third-order valence-corrected chi connectivity index (χ3v) is 2.52. The molecule has 0 radical (unpaired) electrons. The number of hydrogen-bond donors (Lipinski definition) is 1. The highest BCUT2D eigenvalue weighted by Crippen LogP contribution is 2.28. The van der Waals surface area contributed by atoms with Crippen LogP contribution < -0.4 is 5.11 Å². The predicted octanol–water partition coefficient (Wildman–Crippen LogP) is 1.20. The van der Waals surface area contributed by atoms with Crippen molar-refractivity contribution in [3.05, 3.63) is 0 Å². The number of alkyl halides is 3. The maximum absolute atomic E-state index is 10.5. The molecule has 4 nitrogen and oxygen atoms in total. The van der Waals surface area contributed by atoms with Gasteiger partial charge in [0.2, 0.25) is 0 Å². The summed E-state index contributed by atoms with van der Waals surface area (Å²) in [5.41, 5.74) is 0. The Labute approximate surface area is 96.4 Å². The van der Waals surface area contributed by atoms with Crippen molar-refractivity contribution >= 4 is 11.9 Å². The molecule has 0 unspecified atom stereocenters. The zero-order valence-electron chi connectivity index (χ0n) is 9.29. The zero-order chi connectivity index (χ0) is 13.6. The maximum Gasteiger partial charge on any atom is 0.430 e. The van der Waals surface area contributed by atoms with Crippen molar-refractivity contribution in [2.24, 2.45) is 11.8 Å². The molecule has 1 saturated carbocycles. The summed E-state index contributed by atoms with van der Waals surface area (Å²) in [4.78, 5) is 19.3. The molecule has 2 atom stereocenters. The first kappa shape index (κ1) is 15.7. The Balaban J connectivity index is 0.000000325. The molecule has 1 aliphatic carbocycles. The molecule has 0 aromatic rings. The van der Waals surface area contributed by atoms with E-state index in [2.05, 4.69) is 6.92 Å². The quantitative estimate of drug-likeness (QED) is 0.763. The summed E-state index contributed by atoms with van der Waals surface area (Å²) in [5, 5.41) is 17.4. The van der Waals surface area contributed by atoms with Gasteiger partial charge in [0.1, 0.15) is 5.97 Å². The largest absolute Gasteiger partial charge is 0.542 e. The summed E-state index contributed by atoms with van der Waals surface area (Å²) >= 11 is 0. The van der Waals surface area contributed by atoms with Gasteiger partial charge in [0.15, 0.2) is 0 Å². The van der Waals surface area contributed by atoms with E-state index in [0.717, 1.165) is 19.3 Å². The van der Waals surface area contributed by atoms with Gasteiger partial charge in [-0.05, 0) is 18.8 Å². The lowest BCUT2D eigenvalue weighted by Gasteiger charge is -2.22. The minimum Gasteiger partial charge on any atom is -0.542 e. The first-order valence-corrected chi connectivity index (χ1v) is 5.15. The standard InChI is InChI=1S/C8H14O2.C2HF3O2/c1-6-3-2-4-7(5-6)8(9)10;3-2(4,5)1(6)7/h6-7H,2-5H2,1H3,(H,9,10);(H,6,7)/p-1/t6-,7+;/m0./s1. The molecule has 0 aromatic heterocycles. The third-order valence-electron chi connectivity index (χ3n) is 2.52. The second-order valence-electron chi connectivity index (χ2n) is 4.09. The Hall–Kier alpha value is -1.27. The Morgan fingerprint density at radius 1 is 1.29 bits per heavy atom. The summed E-state index contributed by atoms with van der Waals surface area (Å²) < 4.78 is 31.5. The molecule has 0 heterocycles.